The first-order valence-corrected chi connectivity index (χ1v) is 4.70. The SMILES string of the molecule is O=S(=O)(O)O.[Cu].[H-].[K+].[O]=[Mn](=[O])(=[O])[OH]. The summed E-state index contributed by atoms with van der Waals surface area (Å²) in [6.07, 6.45) is 0. The molecule has 12 heavy (non-hydrogen) atoms. The molecule has 0 spiro atoms. The van der Waals surface area contributed by atoms with Gasteiger partial charge < -0.3 is 1.43 Å². The van der Waals surface area contributed by atoms with Crippen LogP contribution >= 0.6 is 0 Å². The van der Waals surface area contributed by atoms with Gasteiger partial charge in [0.05, 0.1) is 0 Å². The molecule has 0 aliphatic carbocycles. The summed E-state index contributed by atoms with van der Waals surface area (Å²) in [6.45, 7) is 0. The van der Waals surface area contributed by atoms with Crippen molar-refractivity contribution in [2.75, 3.05) is 0 Å². The van der Waals surface area contributed by atoms with Crippen LogP contribution in [0.1, 0.15) is 1.43 Å². The first-order chi connectivity index (χ1) is 4.00. The molecular formula is H4CuKMnO8S. The van der Waals surface area contributed by atoms with Gasteiger partial charge in [0.1, 0.15) is 0 Å². The van der Waals surface area contributed by atoms with E-state index in [1.165, 1.54) is 0 Å². The van der Waals surface area contributed by atoms with Crippen molar-refractivity contribution in [1.29, 1.82) is 0 Å². The molecule has 0 amide bonds. The van der Waals surface area contributed by atoms with E-state index in [0.717, 1.165) is 0 Å². The molecule has 12 heteroatoms. The minimum absolute atomic E-state index is 0. The van der Waals surface area contributed by atoms with E-state index in [2.05, 4.69) is 0 Å². The second kappa shape index (κ2) is 9.46. The van der Waals surface area contributed by atoms with Gasteiger partial charge in [0.15, 0.2) is 0 Å². The Kier molecular flexibility index (Phi) is 18.6. The fraction of sp³-hybridized carbons (Fsp3) is 0. The number of hydrogen-bond acceptors (Lipinski definition) is 5. The van der Waals surface area contributed by atoms with Crippen LogP contribution < -0.4 is 51.4 Å². The third kappa shape index (κ3) is 390. The predicted molar refractivity (Wildman–Crippen MR) is 19.6 cm³/mol. The Hall–Kier alpha value is 1.91. The quantitative estimate of drug-likeness (QED) is 0.299. The summed E-state index contributed by atoms with van der Waals surface area (Å²) >= 11 is -5.38. The van der Waals surface area contributed by atoms with Gasteiger partial charge in [-0.25, -0.2) is 0 Å². The minimum atomic E-state index is -5.38. The summed E-state index contributed by atoms with van der Waals surface area (Å²) in [5.41, 5.74) is 0. The topological polar surface area (TPSA) is 146 Å². The zero-order valence-corrected chi connectivity index (χ0v) is 11.5. The molecule has 8 nitrogen and oxygen atoms in total. The van der Waals surface area contributed by atoms with Crippen LogP contribution in [0.25, 0.3) is 0 Å². The van der Waals surface area contributed by atoms with E-state index in [0.29, 0.717) is 0 Å². The van der Waals surface area contributed by atoms with Crippen LogP contribution in [0.5, 0.6) is 0 Å². The molecule has 0 aromatic carbocycles. The summed E-state index contributed by atoms with van der Waals surface area (Å²) in [5.74, 6) is 0. The molecule has 0 atom stereocenters. The van der Waals surface area contributed by atoms with Crippen molar-refractivity contribution in [2.24, 2.45) is 0 Å². The molecule has 0 aromatic rings. The Morgan fingerprint density at radius 2 is 1.08 bits per heavy atom. The van der Waals surface area contributed by atoms with Crippen molar-refractivity contribution in [3.05, 3.63) is 0 Å². The van der Waals surface area contributed by atoms with Crippen molar-refractivity contribution < 1.29 is 116 Å². The average Bonchev–Trinajstić information content (AvgIpc) is 1.12. The van der Waals surface area contributed by atoms with Crippen LogP contribution in [0.4, 0.5) is 0 Å². The zero-order chi connectivity index (χ0) is 9.00. The van der Waals surface area contributed by atoms with Crippen LogP contribution in [-0.2, 0) is 51.9 Å². The van der Waals surface area contributed by atoms with Gasteiger partial charge in [0, 0.05) is 17.1 Å². The van der Waals surface area contributed by atoms with Gasteiger partial charge in [0.2, 0.25) is 0 Å². The third-order valence-corrected chi connectivity index (χ3v) is 0. The van der Waals surface area contributed by atoms with Gasteiger partial charge in [-0.15, -0.1) is 0 Å². The predicted octanol–water partition coefficient (Wildman–Crippen LogP) is -4.45. The molecule has 77 valence electrons. The van der Waals surface area contributed by atoms with Crippen molar-refractivity contribution in [3.8, 4) is 0 Å². The van der Waals surface area contributed by atoms with E-state index in [9.17, 15) is 0 Å². The Labute approximate surface area is 124 Å². The van der Waals surface area contributed by atoms with Crippen molar-refractivity contribution >= 4 is 10.4 Å². The van der Waals surface area contributed by atoms with E-state index >= 15 is 0 Å². The van der Waals surface area contributed by atoms with Crippen LogP contribution in [0.2, 0.25) is 0 Å². The second-order valence-electron chi connectivity index (χ2n) is 0.844. The van der Waals surface area contributed by atoms with Crippen LogP contribution in [0, 0.1) is 0 Å². The molecule has 0 rings (SSSR count). The van der Waals surface area contributed by atoms with Crippen LogP contribution in [-0.4, -0.2) is 21.7 Å². The molecule has 0 unspecified atom stereocenters. The Balaban J connectivity index is -0.0000000267. The van der Waals surface area contributed by atoms with Gasteiger partial charge in [-0.3, -0.25) is 9.11 Å². The van der Waals surface area contributed by atoms with Gasteiger partial charge in [0.25, 0.3) is 0 Å². The van der Waals surface area contributed by atoms with E-state index in [-0.39, 0.29) is 69.9 Å². The molecule has 0 heterocycles. The maximum atomic E-state index is 8.74. The van der Waals surface area contributed by atoms with Crippen molar-refractivity contribution in [1.82, 2.24) is 0 Å². The van der Waals surface area contributed by atoms with Crippen LogP contribution in [0.15, 0.2) is 0 Å². The summed E-state index contributed by atoms with van der Waals surface area (Å²) in [5, 5.41) is 0. The first kappa shape index (κ1) is 23.6. The monoisotopic (exact) mass is 321 g/mol. The molecule has 0 aliphatic heterocycles. The van der Waals surface area contributed by atoms with E-state index in [1.54, 1.807) is 0 Å². The van der Waals surface area contributed by atoms with Gasteiger partial charge in [-0.05, 0) is 0 Å². The average molecular weight is 322 g/mol. The summed E-state index contributed by atoms with van der Waals surface area (Å²) in [7, 11) is -4.67. The molecule has 0 aliphatic rings. The zero-order valence-electron chi connectivity index (χ0n) is 6.47. The standard InChI is InChI=1S/Cu.K.Mn.H2O4S.H2O.3O.H/c;;;1-5(2,3)4;;;;;/h;;;(H2,1,2,3,4);1H2;;;;/q;2*+1;;;;;;-1/p-1. The molecule has 0 saturated carbocycles. The first-order valence-electron chi connectivity index (χ1n) is 1.33. The Morgan fingerprint density at radius 3 is 1.08 bits per heavy atom. The molecule has 0 bridgehead atoms. The van der Waals surface area contributed by atoms with E-state index in [1.807, 2.05) is 0 Å². The molecule has 0 saturated heterocycles. The second-order valence-corrected chi connectivity index (χ2v) is 2.98. The molecule has 1 radical (unpaired) electrons. The van der Waals surface area contributed by atoms with E-state index in [4.69, 9.17) is 33.2 Å². The number of rotatable bonds is 0. The third-order valence-electron chi connectivity index (χ3n) is 0. The van der Waals surface area contributed by atoms with Gasteiger partial charge >= 0.3 is 90.4 Å². The van der Waals surface area contributed by atoms with Crippen molar-refractivity contribution in [3.63, 3.8) is 0 Å². The Morgan fingerprint density at radius 1 is 1.08 bits per heavy atom. The normalized spacial score (nSPS) is 9.58. The van der Waals surface area contributed by atoms with Gasteiger partial charge in [-0.1, -0.05) is 0 Å². The summed E-state index contributed by atoms with van der Waals surface area (Å²) in [6, 6.07) is 0. The van der Waals surface area contributed by atoms with Crippen molar-refractivity contribution in [2.45, 2.75) is 0 Å². The fourth-order valence-corrected chi connectivity index (χ4v) is 0. The fourth-order valence-electron chi connectivity index (χ4n) is 0. The summed E-state index contributed by atoms with van der Waals surface area (Å²) < 4.78 is 64.6. The molecule has 0 fully saturated rings. The van der Waals surface area contributed by atoms with Gasteiger partial charge in [-0.2, -0.15) is 8.42 Å². The maximum absolute atomic E-state index is 8.74. The van der Waals surface area contributed by atoms with E-state index < -0.39 is 23.4 Å². The molecule has 3 N–H and O–H groups in total. The Bertz CT molecular complexity index is 299. The number of hydrogen-bond donors (Lipinski definition) is 3. The molecular weight excluding hydrogens is 318 g/mol. The van der Waals surface area contributed by atoms with Crippen LogP contribution in [0.3, 0.4) is 0 Å². The molecule has 0 aromatic heterocycles. The summed E-state index contributed by atoms with van der Waals surface area (Å²) in [4.78, 5) is 0.